The fourth-order valence-electron chi connectivity index (χ4n) is 4.19. The number of aromatic nitrogens is 4. The highest BCUT2D eigenvalue weighted by molar-refractivity contribution is 5.93. The van der Waals surface area contributed by atoms with Crippen LogP contribution in [-0.2, 0) is 16.1 Å². The molecule has 2 aliphatic carbocycles. The van der Waals surface area contributed by atoms with Gasteiger partial charge in [-0.15, -0.1) is 0 Å². The highest BCUT2D eigenvalue weighted by atomic mass is 16.6. The second-order valence-electron chi connectivity index (χ2n) is 11.5. The molecule has 0 aromatic carbocycles. The summed E-state index contributed by atoms with van der Waals surface area (Å²) in [5.41, 5.74) is 3.75. The topological polar surface area (TPSA) is 132 Å². The second kappa shape index (κ2) is 12.5. The van der Waals surface area contributed by atoms with E-state index in [-0.39, 0.29) is 11.8 Å². The third-order valence-corrected chi connectivity index (χ3v) is 6.57. The van der Waals surface area contributed by atoms with Gasteiger partial charge in [0.15, 0.2) is 0 Å². The van der Waals surface area contributed by atoms with Crippen molar-refractivity contribution < 1.29 is 19.1 Å². The standard InChI is InChI=1S/C20H21N5O.C11H16N2O3/c26-20(14-3-4-14)24-18-9-16(7-8-21-18)22-10-17-12-25-11-15(13-1-2-13)5-6-19(25)23-17;1-11(2,3)16-10(14)13-8-6-5-7-9(12-8)15-4/h5-9,11-14H,1-4,10H2,(H2,21,22,24,26);5-7H,1-4H3,(H,12,13,14). The monoisotopic (exact) mass is 571 g/mol. The zero-order valence-corrected chi connectivity index (χ0v) is 24.4. The average Bonchev–Trinajstić information content (AvgIpc) is 3.88. The van der Waals surface area contributed by atoms with Crippen molar-refractivity contribution in [1.82, 2.24) is 19.4 Å². The van der Waals surface area contributed by atoms with Gasteiger partial charge in [0.2, 0.25) is 11.8 Å². The molecule has 42 heavy (non-hydrogen) atoms. The van der Waals surface area contributed by atoms with Gasteiger partial charge in [0.1, 0.15) is 22.9 Å². The first kappa shape index (κ1) is 28.8. The van der Waals surface area contributed by atoms with Crippen LogP contribution >= 0.6 is 0 Å². The lowest BCUT2D eigenvalue weighted by molar-refractivity contribution is -0.117. The van der Waals surface area contributed by atoms with Crippen LogP contribution < -0.4 is 20.7 Å². The highest BCUT2D eigenvalue weighted by Gasteiger charge is 2.29. The predicted octanol–water partition coefficient (Wildman–Crippen LogP) is 6.00. The number of fused-ring (bicyclic) bond motifs is 1. The van der Waals surface area contributed by atoms with E-state index in [0.717, 1.165) is 35.8 Å². The lowest BCUT2D eigenvalue weighted by Gasteiger charge is -2.19. The maximum atomic E-state index is 11.9. The summed E-state index contributed by atoms with van der Waals surface area (Å²) in [4.78, 5) is 36.2. The van der Waals surface area contributed by atoms with Crippen molar-refractivity contribution in [1.29, 1.82) is 0 Å². The maximum Gasteiger partial charge on any atom is 0.413 e. The van der Waals surface area contributed by atoms with Crippen molar-refractivity contribution in [2.75, 3.05) is 23.1 Å². The number of rotatable bonds is 8. The first-order chi connectivity index (χ1) is 20.1. The van der Waals surface area contributed by atoms with E-state index in [2.05, 4.69) is 59.8 Å². The number of hydrogen-bond acceptors (Lipinski definition) is 8. The number of nitrogens with one attached hydrogen (secondary N) is 3. The van der Waals surface area contributed by atoms with Crippen LogP contribution in [0, 0.1) is 5.92 Å². The fraction of sp³-hybridized carbons (Fsp3) is 0.387. The van der Waals surface area contributed by atoms with Gasteiger partial charge in [0.05, 0.1) is 19.3 Å². The minimum atomic E-state index is -0.534. The smallest absolute Gasteiger partial charge is 0.413 e. The molecule has 0 aliphatic heterocycles. The zero-order chi connectivity index (χ0) is 29.7. The largest absolute Gasteiger partial charge is 0.481 e. The van der Waals surface area contributed by atoms with Crippen molar-refractivity contribution in [3.63, 3.8) is 0 Å². The van der Waals surface area contributed by atoms with Crippen LogP contribution in [0.2, 0.25) is 0 Å². The number of carbonyl (C=O) groups excluding carboxylic acids is 2. The van der Waals surface area contributed by atoms with Gasteiger partial charge in [0, 0.05) is 42.3 Å². The van der Waals surface area contributed by atoms with Gasteiger partial charge in [-0.3, -0.25) is 10.1 Å². The molecular weight excluding hydrogens is 534 g/mol. The summed E-state index contributed by atoms with van der Waals surface area (Å²) in [7, 11) is 1.51. The number of methoxy groups -OCH3 is 1. The summed E-state index contributed by atoms with van der Waals surface area (Å²) >= 11 is 0. The van der Waals surface area contributed by atoms with Gasteiger partial charge in [-0.25, -0.2) is 14.8 Å². The van der Waals surface area contributed by atoms with Crippen molar-refractivity contribution in [2.45, 2.75) is 64.5 Å². The molecule has 0 unspecified atom stereocenters. The summed E-state index contributed by atoms with van der Waals surface area (Å²) in [6, 6.07) is 13.1. The third-order valence-electron chi connectivity index (χ3n) is 6.57. The lowest BCUT2D eigenvalue weighted by Crippen LogP contribution is -2.27. The molecule has 11 nitrogen and oxygen atoms in total. The molecule has 11 heteroatoms. The van der Waals surface area contributed by atoms with Gasteiger partial charge in [-0.2, -0.15) is 4.98 Å². The molecule has 2 amide bonds. The van der Waals surface area contributed by atoms with Crippen LogP contribution in [-0.4, -0.2) is 44.1 Å². The van der Waals surface area contributed by atoms with Gasteiger partial charge < -0.3 is 24.5 Å². The number of imidazole rings is 1. The summed E-state index contributed by atoms with van der Waals surface area (Å²) in [6.07, 6.45) is 10.0. The van der Waals surface area contributed by atoms with E-state index in [0.29, 0.717) is 24.1 Å². The molecule has 2 fully saturated rings. The number of hydrogen-bond donors (Lipinski definition) is 3. The summed E-state index contributed by atoms with van der Waals surface area (Å²) in [5.74, 6) is 2.41. The molecular formula is C31H37N7O4. The SMILES string of the molecule is COc1cccc(NC(=O)OC(C)(C)C)n1.O=C(Nc1cc(NCc2cn3cc(C4CC4)ccc3n2)ccn1)C1CC1. The quantitative estimate of drug-likeness (QED) is 0.234. The van der Waals surface area contributed by atoms with Gasteiger partial charge in [-0.05, 0) is 76.1 Å². The molecule has 3 N–H and O–H groups in total. The Balaban J connectivity index is 0.000000191. The maximum absolute atomic E-state index is 11.9. The highest BCUT2D eigenvalue weighted by Crippen LogP contribution is 2.39. The predicted molar refractivity (Wildman–Crippen MR) is 161 cm³/mol. The van der Waals surface area contributed by atoms with E-state index in [4.69, 9.17) is 9.47 Å². The van der Waals surface area contributed by atoms with Crippen molar-refractivity contribution in [2.24, 2.45) is 5.92 Å². The average molecular weight is 572 g/mol. The van der Waals surface area contributed by atoms with Crippen LogP contribution in [0.4, 0.5) is 22.1 Å². The molecule has 0 radical (unpaired) electrons. The Bertz CT molecular complexity index is 1550. The van der Waals surface area contributed by atoms with E-state index >= 15 is 0 Å². The Morgan fingerprint density at radius 3 is 2.50 bits per heavy atom. The first-order valence-corrected chi connectivity index (χ1v) is 14.1. The number of ether oxygens (including phenoxy) is 2. The Kier molecular flexibility index (Phi) is 8.56. The molecule has 4 heterocycles. The number of amides is 2. The molecule has 0 bridgehead atoms. The molecule has 4 aromatic heterocycles. The van der Waals surface area contributed by atoms with Crippen molar-refractivity contribution >= 4 is 35.0 Å². The minimum absolute atomic E-state index is 0.0708. The van der Waals surface area contributed by atoms with E-state index in [1.54, 1.807) is 45.2 Å². The molecule has 2 aliphatic rings. The van der Waals surface area contributed by atoms with Crippen LogP contribution in [0.3, 0.4) is 0 Å². The third kappa shape index (κ3) is 8.42. The van der Waals surface area contributed by atoms with Crippen LogP contribution in [0.25, 0.3) is 5.65 Å². The zero-order valence-electron chi connectivity index (χ0n) is 24.4. The summed E-state index contributed by atoms with van der Waals surface area (Å²) in [6.45, 7) is 6.02. The number of pyridine rings is 3. The van der Waals surface area contributed by atoms with E-state index in [1.165, 1.54) is 25.5 Å². The minimum Gasteiger partial charge on any atom is -0.481 e. The summed E-state index contributed by atoms with van der Waals surface area (Å²) < 4.78 is 12.1. The van der Waals surface area contributed by atoms with Crippen LogP contribution in [0.15, 0.2) is 61.1 Å². The van der Waals surface area contributed by atoms with Gasteiger partial charge >= 0.3 is 6.09 Å². The Morgan fingerprint density at radius 2 is 1.79 bits per heavy atom. The van der Waals surface area contributed by atoms with Crippen LogP contribution in [0.5, 0.6) is 5.88 Å². The Morgan fingerprint density at radius 1 is 0.976 bits per heavy atom. The molecule has 0 atom stereocenters. The number of carbonyl (C=O) groups is 2. The molecule has 4 aromatic rings. The fourth-order valence-corrected chi connectivity index (χ4v) is 4.19. The van der Waals surface area contributed by atoms with E-state index in [9.17, 15) is 9.59 Å². The molecule has 220 valence electrons. The molecule has 0 spiro atoms. The van der Waals surface area contributed by atoms with Crippen LogP contribution in [0.1, 0.15) is 63.6 Å². The van der Waals surface area contributed by atoms with Gasteiger partial charge in [0.25, 0.3) is 0 Å². The summed E-state index contributed by atoms with van der Waals surface area (Å²) in [5, 5.41) is 8.76. The second-order valence-corrected chi connectivity index (χ2v) is 11.5. The van der Waals surface area contributed by atoms with E-state index < -0.39 is 11.7 Å². The Hall–Kier alpha value is -4.67. The molecule has 6 rings (SSSR count). The van der Waals surface area contributed by atoms with Gasteiger partial charge in [-0.1, -0.05) is 12.1 Å². The normalized spacial score (nSPS) is 14.4. The molecule has 2 saturated carbocycles. The Labute approximate surface area is 245 Å². The van der Waals surface area contributed by atoms with E-state index in [1.807, 2.05) is 12.1 Å². The number of nitrogens with zero attached hydrogens (tertiary/aromatic N) is 4. The lowest BCUT2D eigenvalue weighted by atomic mass is 10.2. The van der Waals surface area contributed by atoms with Crippen molar-refractivity contribution in [3.05, 3.63) is 72.3 Å². The number of anilines is 3. The first-order valence-electron chi connectivity index (χ1n) is 14.1. The van der Waals surface area contributed by atoms with Crippen molar-refractivity contribution in [3.8, 4) is 5.88 Å². The molecule has 0 saturated heterocycles.